The lowest BCUT2D eigenvalue weighted by Gasteiger charge is -2.30. The Balaban J connectivity index is 2.05. The largest absolute Gasteiger partial charge is 0.387 e. The van der Waals surface area contributed by atoms with Gasteiger partial charge < -0.3 is 9.84 Å². The van der Waals surface area contributed by atoms with Crippen LogP contribution in [0.25, 0.3) is 0 Å². The van der Waals surface area contributed by atoms with E-state index in [1.165, 1.54) is 25.7 Å². The molecular formula is C15H26N2O2. The van der Waals surface area contributed by atoms with Crippen LogP contribution in [0.2, 0.25) is 0 Å². The summed E-state index contributed by atoms with van der Waals surface area (Å²) in [5.41, 5.74) is 0.129. The Morgan fingerprint density at radius 3 is 2.74 bits per heavy atom. The van der Waals surface area contributed by atoms with E-state index >= 15 is 0 Å². The maximum Gasteiger partial charge on any atom is 0.0958 e. The molecule has 1 aromatic rings. The lowest BCUT2D eigenvalue weighted by atomic mass is 9.87. The molecule has 1 heterocycles. The molecule has 19 heavy (non-hydrogen) atoms. The molecule has 0 spiro atoms. The fourth-order valence-electron chi connectivity index (χ4n) is 2.83. The lowest BCUT2D eigenvalue weighted by molar-refractivity contribution is -0.0644. The smallest absolute Gasteiger partial charge is 0.0958 e. The van der Waals surface area contributed by atoms with Gasteiger partial charge in [-0.2, -0.15) is 5.10 Å². The fraction of sp³-hybridized carbons (Fsp3) is 0.800. The van der Waals surface area contributed by atoms with Gasteiger partial charge in [0.05, 0.1) is 23.9 Å². The van der Waals surface area contributed by atoms with Crippen molar-refractivity contribution in [2.75, 3.05) is 13.7 Å². The molecule has 0 saturated heterocycles. The molecule has 0 radical (unpaired) electrons. The van der Waals surface area contributed by atoms with Gasteiger partial charge in [-0.3, -0.25) is 4.68 Å². The third-order valence-electron chi connectivity index (χ3n) is 4.32. The van der Waals surface area contributed by atoms with Gasteiger partial charge in [0.25, 0.3) is 0 Å². The van der Waals surface area contributed by atoms with Crippen LogP contribution in [0.1, 0.15) is 51.3 Å². The predicted octanol–water partition coefficient (Wildman–Crippen LogP) is 2.57. The summed E-state index contributed by atoms with van der Waals surface area (Å²) in [4.78, 5) is 0. The molecule has 1 unspecified atom stereocenters. The summed E-state index contributed by atoms with van der Waals surface area (Å²) < 4.78 is 7.24. The van der Waals surface area contributed by atoms with Gasteiger partial charge >= 0.3 is 0 Å². The zero-order valence-corrected chi connectivity index (χ0v) is 12.3. The van der Waals surface area contributed by atoms with E-state index in [9.17, 15) is 5.11 Å². The summed E-state index contributed by atoms with van der Waals surface area (Å²) in [6, 6.07) is 2.59. The molecule has 1 aliphatic carbocycles. The predicted molar refractivity (Wildman–Crippen MR) is 75.1 cm³/mol. The van der Waals surface area contributed by atoms with Gasteiger partial charge in [0.2, 0.25) is 0 Å². The first-order valence-electron chi connectivity index (χ1n) is 7.30. The van der Waals surface area contributed by atoms with Gasteiger partial charge in [0.15, 0.2) is 0 Å². The molecule has 1 aliphatic rings. The monoisotopic (exact) mass is 266 g/mol. The highest BCUT2D eigenvalue weighted by Crippen LogP contribution is 2.29. The molecule has 4 heteroatoms. The average Bonchev–Trinajstić information content (AvgIpc) is 2.98. The van der Waals surface area contributed by atoms with E-state index in [1.807, 2.05) is 19.9 Å². The fourth-order valence-corrected chi connectivity index (χ4v) is 2.83. The quantitative estimate of drug-likeness (QED) is 0.861. The number of aliphatic hydroxyl groups is 1. The lowest BCUT2D eigenvalue weighted by Crippen LogP contribution is -2.42. The van der Waals surface area contributed by atoms with Gasteiger partial charge in [-0.05, 0) is 24.8 Å². The zero-order valence-electron chi connectivity index (χ0n) is 12.3. The molecule has 1 N–H and O–H groups in total. The van der Waals surface area contributed by atoms with E-state index in [1.54, 1.807) is 7.11 Å². The second-order valence-electron chi connectivity index (χ2n) is 6.09. The summed E-state index contributed by atoms with van der Waals surface area (Å²) in [6.45, 7) is 4.39. The third-order valence-corrected chi connectivity index (χ3v) is 4.32. The molecule has 1 aromatic heterocycles. The molecule has 0 bridgehead atoms. The summed E-state index contributed by atoms with van der Waals surface area (Å²) >= 11 is 0. The van der Waals surface area contributed by atoms with Gasteiger partial charge in [-0.1, -0.05) is 26.7 Å². The van der Waals surface area contributed by atoms with Crippen LogP contribution >= 0.6 is 0 Å². The average molecular weight is 266 g/mol. The van der Waals surface area contributed by atoms with E-state index in [0.29, 0.717) is 19.1 Å². The van der Waals surface area contributed by atoms with Gasteiger partial charge in [0, 0.05) is 19.7 Å². The van der Waals surface area contributed by atoms with Crippen molar-refractivity contribution < 1.29 is 9.84 Å². The summed E-state index contributed by atoms with van der Waals surface area (Å²) in [6.07, 6.45) is 7.68. The SMILES string of the molecule is COCC(O)(Cc1ccn(C2CCCC2)n1)C(C)C. The van der Waals surface area contributed by atoms with Crippen LogP contribution in [0.3, 0.4) is 0 Å². The first kappa shape index (κ1) is 14.5. The van der Waals surface area contributed by atoms with E-state index < -0.39 is 5.60 Å². The van der Waals surface area contributed by atoms with Gasteiger partial charge in [-0.15, -0.1) is 0 Å². The Labute approximate surface area is 115 Å². The summed E-state index contributed by atoms with van der Waals surface area (Å²) in [7, 11) is 1.63. The van der Waals surface area contributed by atoms with Crippen LogP contribution in [-0.4, -0.2) is 34.2 Å². The normalized spacial score (nSPS) is 20.1. The number of aromatic nitrogens is 2. The van der Waals surface area contributed by atoms with Gasteiger partial charge in [0.1, 0.15) is 0 Å². The number of rotatable bonds is 6. The van der Waals surface area contributed by atoms with Crippen LogP contribution in [0.15, 0.2) is 12.3 Å². The first-order valence-corrected chi connectivity index (χ1v) is 7.30. The Hall–Kier alpha value is -0.870. The number of hydrogen-bond acceptors (Lipinski definition) is 3. The van der Waals surface area contributed by atoms with Crippen molar-refractivity contribution in [1.29, 1.82) is 0 Å². The number of nitrogens with zero attached hydrogens (tertiary/aromatic N) is 2. The van der Waals surface area contributed by atoms with Crippen molar-refractivity contribution in [1.82, 2.24) is 9.78 Å². The molecular weight excluding hydrogens is 240 g/mol. The minimum atomic E-state index is -0.830. The van der Waals surface area contributed by atoms with Crippen LogP contribution in [0, 0.1) is 5.92 Å². The molecule has 0 aliphatic heterocycles. The second kappa shape index (κ2) is 6.06. The van der Waals surface area contributed by atoms with Crippen LogP contribution in [-0.2, 0) is 11.2 Å². The van der Waals surface area contributed by atoms with E-state index in [4.69, 9.17) is 4.74 Å². The topological polar surface area (TPSA) is 47.3 Å². The van der Waals surface area contributed by atoms with Crippen molar-refractivity contribution in [3.05, 3.63) is 18.0 Å². The van der Waals surface area contributed by atoms with E-state index in [2.05, 4.69) is 16.0 Å². The number of hydrogen-bond donors (Lipinski definition) is 1. The number of ether oxygens (including phenoxy) is 1. The van der Waals surface area contributed by atoms with Crippen LogP contribution in [0.4, 0.5) is 0 Å². The molecule has 0 aromatic carbocycles. The van der Waals surface area contributed by atoms with Crippen molar-refractivity contribution in [2.24, 2.45) is 5.92 Å². The molecule has 2 rings (SSSR count). The third kappa shape index (κ3) is 3.37. The molecule has 1 fully saturated rings. The zero-order chi connectivity index (χ0) is 13.9. The minimum absolute atomic E-state index is 0.143. The molecule has 108 valence electrons. The summed E-state index contributed by atoms with van der Waals surface area (Å²) in [5.74, 6) is 0.143. The highest BCUT2D eigenvalue weighted by molar-refractivity contribution is 5.06. The molecule has 1 atom stereocenters. The maximum absolute atomic E-state index is 10.6. The van der Waals surface area contributed by atoms with Crippen molar-refractivity contribution in [3.63, 3.8) is 0 Å². The maximum atomic E-state index is 10.6. The standard InChI is InChI=1S/C15H26N2O2/c1-12(2)15(18,11-19-3)10-13-8-9-17(16-13)14-6-4-5-7-14/h8-9,12,14,18H,4-7,10-11H2,1-3H3. The van der Waals surface area contributed by atoms with Crippen molar-refractivity contribution in [2.45, 2.75) is 57.6 Å². The molecule has 0 amide bonds. The van der Waals surface area contributed by atoms with E-state index in [0.717, 1.165) is 5.69 Å². The Kier molecular flexibility index (Phi) is 4.63. The first-order chi connectivity index (χ1) is 9.05. The Morgan fingerprint density at radius 1 is 1.47 bits per heavy atom. The van der Waals surface area contributed by atoms with E-state index in [-0.39, 0.29) is 5.92 Å². The highest BCUT2D eigenvalue weighted by Gasteiger charge is 2.32. The Morgan fingerprint density at radius 2 is 2.16 bits per heavy atom. The van der Waals surface area contributed by atoms with Crippen molar-refractivity contribution in [3.8, 4) is 0 Å². The van der Waals surface area contributed by atoms with Crippen molar-refractivity contribution >= 4 is 0 Å². The molecule has 1 saturated carbocycles. The van der Waals surface area contributed by atoms with Gasteiger partial charge in [-0.25, -0.2) is 0 Å². The second-order valence-corrected chi connectivity index (χ2v) is 6.09. The molecule has 4 nitrogen and oxygen atoms in total. The minimum Gasteiger partial charge on any atom is -0.387 e. The highest BCUT2D eigenvalue weighted by atomic mass is 16.5. The Bertz CT molecular complexity index is 397. The van der Waals surface area contributed by atoms with Crippen LogP contribution < -0.4 is 0 Å². The van der Waals surface area contributed by atoms with Crippen LogP contribution in [0.5, 0.6) is 0 Å². The number of methoxy groups -OCH3 is 1. The summed E-state index contributed by atoms with van der Waals surface area (Å²) in [5, 5.41) is 15.3.